The molecule has 0 atom stereocenters. The lowest BCUT2D eigenvalue weighted by Crippen LogP contribution is -2.38. The molecule has 1 heterocycles. The van der Waals surface area contributed by atoms with Crippen LogP contribution < -0.4 is 15.4 Å². The molecule has 0 aliphatic heterocycles. The van der Waals surface area contributed by atoms with E-state index in [-0.39, 0.29) is 12.1 Å². The van der Waals surface area contributed by atoms with E-state index in [0.29, 0.717) is 11.8 Å². The maximum absolute atomic E-state index is 12.1. The van der Waals surface area contributed by atoms with Gasteiger partial charge in [-0.2, -0.15) is 0 Å². The number of rotatable bonds is 4. The predicted molar refractivity (Wildman–Crippen MR) is 97.0 cm³/mol. The van der Waals surface area contributed by atoms with Crippen LogP contribution in [-0.2, 0) is 0 Å². The van der Waals surface area contributed by atoms with E-state index >= 15 is 0 Å². The summed E-state index contributed by atoms with van der Waals surface area (Å²) < 4.78 is 5.67. The molecule has 2 aromatic rings. The lowest BCUT2D eigenvalue weighted by Gasteiger charge is -2.22. The minimum absolute atomic E-state index is 0.154. The maximum Gasteiger partial charge on any atom is 0.322 e. The monoisotopic (exact) mass is 340 g/mol. The van der Waals surface area contributed by atoms with Crippen LogP contribution in [0.5, 0.6) is 11.8 Å². The van der Waals surface area contributed by atoms with Crippen LogP contribution in [0.25, 0.3) is 0 Å². The molecule has 1 fully saturated rings. The first-order valence-corrected chi connectivity index (χ1v) is 8.76. The van der Waals surface area contributed by atoms with Crippen LogP contribution in [0.3, 0.4) is 0 Å². The molecule has 132 valence electrons. The Hall–Kier alpha value is -2.63. The van der Waals surface area contributed by atoms with Crippen LogP contribution in [0.2, 0.25) is 0 Å². The molecule has 0 bridgehead atoms. The van der Waals surface area contributed by atoms with Crippen molar-refractivity contribution >= 4 is 11.7 Å². The molecular formula is C19H24N4O2. The minimum Gasteiger partial charge on any atom is -0.424 e. The van der Waals surface area contributed by atoms with Gasteiger partial charge in [-0.3, -0.25) is 0 Å². The van der Waals surface area contributed by atoms with Gasteiger partial charge in [0.25, 0.3) is 0 Å². The van der Waals surface area contributed by atoms with Gasteiger partial charge in [-0.25, -0.2) is 14.8 Å². The number of hydrogen-bond acceptors (Lipinski definition) is 4. The molecule has 0 unspecified atom stereocenters. The number of aryl methyl sites for hydroxylation is 2. The summed E-state index contributed by atoms with van der Waals surface area (Å²) in [5, 5.41) is 5.89. The van der Waals surface area contributed by atoms with Gasteiger partial charge in [0.15, 0.2) is 0 Å². The highest BCUT2D eigenvalue weighted by Crippen LogP contribution is 2.21. The van der Waals surface area contributed by atoms with Gasteiger partial charge in [0.05, 0.1) is 0 Å². The number of carbonyl (C=O) groups is 1. The Labute approximate surface area is 148 Å². The van der Waals surface area contributed by atoms with Crippen LogP contribution >= 0.6 is 0 Å². The normalized spacial score (nSPS) is 14.8. The van der Waals surface area contributed by atoms with E-state index in [9.17, 15) is 4.79 Å². The molecule has 6 heteroatoms. The van der Waals surface area contributed by atoms with Crippen LogP contribution in [0.15, 0.2) is 30.3 Å². The summed E-state index contributed by atoms with van der Waals surface area (Å²) in [5.74, 6) is 0.628. The van der Waals surface area contributed by atoms with Gasteiger partial charge in [0, 0.05) is 23.1 Å². The van der Waals surface area contributed by atoms with E-state index in [4.69, 9.17) is 4.74 Å². The fourth-order valence-corrected chi connectivity index (χ4v) is 3.05. The molecule has 1 aromatic heterocycles. The van der Waals surface area contributed by atoms with E-state index in [0.717, 1.165) is 29.9 Å². The van der Waals surface area contributed by atoms with E-state index in [1.165, 1.54) is 19.3 Å². The van der Waals surface area contributed by atoms with Crippen LogP contribution in [-0.4, -0.2) is 22.0 Å². The van der Waals surface area contributed by atoms with E-state index in [2.05, 4.69) is 20.6 Å². The lowest BCUT2D eigenvalue weighted by atomic mass is 9.96. The minimum atomic E-state index is -0.154. The fraction of sp³-hybridized carbons (Fsp3) is 0.421. The van der Waals surface area contributed by atoms with Gasteiger partial charge >= 0.3 is 12.0 Å². The van der Waals surface area contributed by atoms with Gasteiger partial charge < -0.3 is 15.4 Å². The zero-order valence-corrected chi connectivity index (χ0v) is 14.7. The maximum atomic E-state index is 12.1. The SMILES string of the molecule is Cc1cc(C)nc(Oc2ccc(NC(=O)NC3CCCCC3)cc2)n1. The highest BCUT2D eigenvalue weighted by Gasteiger charge is 2.15. The Balaban J connectivity index is 1.55. The summed E-state index contributed by atoms with van der Waals surface area (Å²) in [5.41, 5.74) is 2.45. The first-order valence-electron chi connectivity index (χ1n) is 8.76. The van der Waals surface area contributed by atoms with E-state index in [1.54, 1.807) is 24.3 Å². The third-order valence-electron chi connectivity index (χ3n) is 4.22. The summed E-state index contributed by atoms with van der Waals surface area (Å²) >= 11 is 0. The van der Waals surface area contributed by atoms with Gasteiger partial charge in [0.1, 0.15) is 5.75 Å². The van der Waals surface area contributed by atoms with Gasteiger partial charge in [-0.1, -0.05) is 19.3 Å². The van der Waals surface area contributed by atoms with Crippen molar-refractivity contribution < 1.29 is 9.53 Å². The molecule has 3 rings (SSSR count). The molecule has 2 N–H and O–H groups in total. The summed E-state index contributed by atoms with van der Waals surface area (Å²) in [7, 11) is 0. The lowest BCUT2D eigenvalue weighted by molar-refractivity contribution is 0.244. The van der Waals surface area contributed by atoms with Crippen molar-refractivity contribution in [3.8, 4) is 11.8 Å². The largest absolute Gasteiger partial charge is 0.424 e. The van der Waals surface area contributed by atoms with Crippen molar-refractivity contribution in [1.82, 2.24) is 15.3 Å². The molecule has 2 amide bonds. The van der Waals surface area contributed by atoms with E-state index in [1.807, 2.05) is 19.9 Å². The number of anilines is 1. The van der Waals surface area contributed by atoms with Crippen LogP contribution in [0.4, 0.5) is 10.5 Å². The number of amides is 2. The quantitative estimate of drug-likeness (QED) is 0.868. The Kier molecular flexibility index (Phi) is 5.48. The van der Waals surface area contributed by atoms with Crippen molar-refractivity contribution in [3.05, 3.63) is 41.7 Å². The molecule has 0 radical (unpaired) electrons. The first-order chi connectivity index (χ1) is 12.1. The average Bonchev–Trinajstić information content (AvgIpc) is 2.56. The molecule has 0 saturated heterocycles. The molecular weight excluding hydrogens is 316 g/mol. The molecule has 1 saturated carbocycles. The Bertz CT molecular complexity index is 704. The molecule has 6 nitrogen and oxygen atoms in total. The average molecular weight is 340 g/mol. The smallest absolute Gasteiger partial charge is 0.322 e. The highest BCUT2D eigenvalue weighted by atomic mass is 16.5. The van der Waals surface area contributed by atoms with Gasteiger partial charge in [0.2, 0.25) is 0 Å². The predicted octanol–water partition coefficient (Wildman–Crippen LogP) is 4.34. The Morgan fingerprint density at radius 3 is 2.32 bits per heavy atom. The van der Waals surface area contributed by atoms with Crippen molar-refractivity contribution in [3.63, 3.8) is 0 Å². The second-order valence-electron chi connectivity index (χ2n) is 6.49. The highest BCUT2D eigenvalue weighted by molar-refractivity contribution is 5.89. The number of hydrogen-bond donors (Lipinski definition) is 2. The van der Waals surface area contributed by atoms with Crippen molar-refractivity contribution in [2.45, 2.75) is 52.0 Å². The van der Waals surface area contributed by atoms with Crippen LogP contribution in [0, 0.1) is 13.8 Å². The van der Waals surface area contributed by atoms with E-state index < -0.39 is 0 Å². The molecule has 1 aliphatic carbocycles. The molecule has 0 spiro atoms. The van der Waals surface area contributed by atoms with Crippen molar-refractivity contribution in [2.24, 2.45) is 0 Å². The van der Waals surface area contributed by atoms with Crippen molar-refractivity contribution in [1.29, 1.82) is 0 Å². The summed E-state index contributed by atoms with van der Waals surface area (Å²) in [6.07, 6.45) is 5.78. The van der Waals surface area contributed by atoms with Crippen LogP contribution in [0.1, 0.15) is 43.5 Å². The third kappa shape index (κ3) is 5.17. The summed E-state index contributed by atoms with van der Waals surface area (Å²) in [4.78, 5) is 20.6. The standard InChI is InChI=1S/C19H24N4O2/c1-13-12-14(2)21-19(20-13)25-17-10-8-16(9-11-17)23-18(24)22-15-6-4-3-5-7-15/h8-12,15H,3-7H2,1-2H3,(H2,22,23,24). The van der Waals surface area contributed by atoms with Gasteiger partial charge in [-0.15, -0.1) is 0 Å². The molecule has 1 aliphatic rings. The Morgan fingerprint density at radius 1 is 1.04 bits per heavy atom. The third-order valence-corrected chi connectivity index (χ3v) is 4.22. The van der Waals surface area contributed by atoms with Gasteiger partial charge in [-0.05, 0) is 57.0 Å². The topological polar surface area (TPSA) is 76.1 Å². The van der Waals surface area contributed by atoms with Crippen molar-refractivity contribution in [2.75, 3.05) is 5.32 Å². The fourth-order valence-electron chi connectivity index (χ4n) is 3.05. The zero-order chi connectivity index (χ0) is 17.6. The number of benzene rings is 1. The second-order valence-corrected chi connectivity index (χ2v) is 6.49. The number of aromatic nitrogens is 2. The second kappa shape index (κ2) is 7.96. The molecule has 25 heavy (non-hydrogen) atoms. The first kappa shape index (κ1) is 17.2. The number of ether oxygens (including phenoxy) is 1. The zero-order valence-electron chi connectivity index (χ0n) is 14.7. The number of urea groups is 1. The summed E-state index contributed by atoms with van der Waals surface area (Å²) in [6.45, 7) is 3.80. The Morgan fingerprint density at radius 2 is 1.68 bits per heavy atom. The summed E-state index contributed by atoms with van der Waals surface area (Å²) in [6, 6.07) is 9.54. The number of nitrogens with one attached hydrogen (secondary N) is 2. The molecule has 1 aromatic carbocycles. The number of nitrogens with zero attached hydrogens (tertiary/aromatic N) is 2. The number of carbonyl (C=O) groups excluding carboxylic acids is 1.